The van der Waals surface area contributed by atoms with Gasteiger partial charge < -0.3 is 20.1 Å². The molecule has 0 aliphatic heterocycles. The summed E-state index contributed by atoms with van der Waals surface area (Å²) in [6.07, 6.45) is 94.6. The summed E-state index contributed by atoms with van der Waals surface area (Å²) in [5, 5.41) is 0. The Morgan fingerprint density at radius 3 is 0.953 bits per heavy atom. The van der Waals surface area contributed by atoms with Crippen molar-refractivity contribution in [1.29, 1.82) is 0 Å². The molecular weight excluding hydrogens is 1090 g/mol. The van der Waals surface area contributed by atoms with Crippen molar-refractivity contribution in [2.75, 3.05) is 26.4 Å². The summed E-state index contributed by atoms with van der Waals surface area (Å²) in [4.78, 5) is 35.4. The molecule has 0 spiro atoms. The number of esters is 2. The zero-order chi connectivity index (χ0) is 62.3. The number of ether oxygens (including phenoxy) is 2. The van der Waals surface area contributed by atoms with Gasteiger partial charge in [0.05, 0.1) is 13.2 Å². The predicted molar refractivity (Wildman–Crippen MR) is 372 cm³/mol. The summed E-state index contributed by atoms with van der Waals surface area (Å²) < 4.78 is 33.2. The number of phosphoric ester groups is 1. The number of rotatable bonds is 70. The number of unbranched alkanes of at least 4 members (excludes halogenated alkanes) is 45. The zero-order valence-corrected chi connectivity index (χ0v) is 57.4. The van der Waals surface area contributed by atoms with Crippen molar-refractivity contribution in [3.8, 4) is 0 Å². The van der Waals surface area contributed by atoms with Crippen molar-refractivity contribution >= 4 is 19.8 Å². The quantitative estimate of drug-likeness (QED) is 0.0264. The Morgan fingerprint density at radius 2 is 0.640 bits per heavy atom. The van der Waals surface area contributed by atoms with Crippen molar-refractivity contribution in [2.24, 2.45) is 5.73 Å². The molecule has 0 aromatic rings. The summed E-state index contributed by atoms with van der Waals surface area (Å²) >= 11 is 0. The van der Waals surface area contributed by atoms with Gasteiger partial charge in [-0.3, -0.25) is 18.6 Å². The third-order valence-corrected chi connectivity index (χ3v) is 17.3. The maximum absolute atomic E-state index is 12.8. The van der Waals surface area contributed by atoms with Crippen molar-refractivity contribution in [3.63, 3.8) is 0 Å². The van der Waals surface area contributed by atoms with E-state index in [9.17, 15) is 19.0 Å². The van der Waals surface area contributed by atoms with Crippen LogP contribution in [0.5, 0.6) is 0 Å². The second-order valence-corrected chi connectivity index (χ2v) is 26.2. The lowest BCUT2D eigenvalue weighted by atomic mass is 10.0. The topological polar surface area (TPSA) is 134 Å². The fourth-order valence-electron chi connectivity index (χ4n) is 10.9. The Labute approximate surface area is 532 Å². The minimum Gasteiger partial charge on any atom is -0.462 e. The van der Waals surface area contributed by atoms with E-state index in [1.54, 1.807) is 0 Å². The minimum atomic E-state index is -4.40. The van der Waals surface area contributed by atoms with Gasteiger partial charge in [-0.2, -0.15) is 0 Å². The molecule has 0 bridgehead atoms. The first-order chi connectivity index (χ1) is 42.3. The Bertz CT molecular complexity index is 1640. The second-order valence-electron chi connectivity index (χ2n) is 24.8. The molecule has 0 aliphatic rings. The molecule has 0 aromatic heterocycles. The average molecular weight is 1230 g/mol. The van der Waals surface area contributed by atoms with E-state index in [0.29, 0.717) is 6.42 Å². The first-order valence-corrected chi connectivity index (χ1v) is 38.4. The van der Waals surface area contributed by atoms with E-state index < -0.39 is 26.5 Å². The first kappa shape index (κ1) is 83.5. The molecule has 0 fully saturated rings. The van der Waals surface area contributed by atoms with Gasteiger partial charge in [0.25, 0.3) is 0 Å². The molecule has 0 saturated heterocycles. The number of allylic oxidation sites excluding steroid dienone is 12. The monoisotopic (exact) mass is 1230 g/mol. The Morgan fingerprint density at radius 1 is 0.360 bits per heavy atom. The molecular formula is C76H140NO8P. The summed E-state index contributed by atoms with van der Waals surface area (Å²) in [6, 6.07) is 0. The van der Waals surface area contributed by atoms with E-state index in [-0.39, 0.29) is 38.6 Å². The van der Waals surface area contributed by atoms with Gasteiger partial charge in [0.2, 0.25) is 0 Å². The lowest BCUT2D eigenvalue weighted by Gasteiger charge is -2.19. The van der Waals surface area contributed by atoms with E-state index in [2.05, 4.69) is 86.8 Å². The fraction of sp³-hybridized carbons (Fsp3) is 0.816. The number of nitrogens with two attached hydrogens (primary N) is 1. The molecule has 0 aliphatic carbocycles. The average Bonchev–Trinajstić information content (AvgIpc) is 3.60. The van der Waals surface area contributed by atoms with Gasteiger partial charge in [0.1, 0.15) is 6.61 Å². The van der Waals surface area contributed by atoms with Crippen LogP contribution in [0.4, 0.5) is 0 Å². The van der Waals surface area contributed by atoms with Gasteiger partial charge in [-0.1, -0.05) is 363 Å². The van der Waals surface area contributed by atoms with Gasteiger partial charge in [-0.05, 0) is 64.2 Å². The molecule has 502 valence electrons. The normalized spacial score (nSPS) is 13.3. The fourth-order valence-corrected chi connectivity index (χ4v) is 11.7. The molecule has 0 rings (SSSR count). The standard InChI is InChI=1S/C76H140NO8P/c1-3-5-7-9-11-13-15-17-19-21-23-25-27-29-31-32-33-34-35-36-37-38-39-40-41-43-44-46-48-50-52-54-56-58-60-62-64-66-68-75(78)82-72-74(73-84-86(80,81)83-71-70-77)85-76(79)69-67-65-63-61-59-57-55-53-51-49-47-45-42-30-28-26-24-22-20-18-16-14-12-10-8-6-4-2/h6,8,12,14,18,20,24,26,30,42,47,49,74H,3-5,7,9-11,13,15-17,19,21-23,25,27-29,31-41,43-46,48,50-73,77H2,1-2H3,(H,80,81)/b8-6-,14-12-,20-18-,26-24-,42-30-,49-47-. The third kappa shape index (κ3) is 70.5. The van der Waals surface area contributed by atoms with Gasteiger partial charge >= 0.3 is 19.8 Å². The molecule has 0 heterocycles. The molecule has 0 saturated carbocycles. The van der Waals surface area contributed by atoms with Crippen molar-refractivity contribution in [1.82, 2.24) is 0 Å². The maximum Gasteiger partial charge on any atom is 0.472 e. The van der Waals surface area contributed by atoms with Crippen LogP contribution in [0.3, 0.4) is 0 Å². The molecule has 0 aromatic carbocycles. The van der Waals surface area contributed by atoms with E-state index in [4.69, 9.17) is 24.3 Å². The van der Waals surface area contributed by atoms with E-state index in [1.807, 2.05) is 0 Å². The van der Waals surface area contributed by atoms with Gasteiger partial charge in [-0.25, -0.2) is 4.57 Å². The molecule has 86 heavy (non-hydrogen) atoms. The van der Waals surface area contributed by atoms with Crippen LogP contribution in [0.2, 0.25) is 0 Å². The SMILES string of the molecule is CC/C=C\C/C=C\C/C=C\C/C=C\C/C=C\C/C=C\CCCCCCCCCCC(=O)OC(COC(=O)CCCCCCCCCCCCCCCCCCCCCCCCCCCCCCCCCCCCCCCC)COP(=O)(O)OCCN. The van der Waals surface area contributed by atoms with Crippen molar-refractivity contribution in [2.45, 2.75) is 373 Å². The highest BCUT2D eigenvalue weighted by molar-refractivity contribution is 7.47. The number of carbonyl (C=O) groups is 2. The summed E-state index contributed by atoms with van der Waals surface area (Å²) in [7, 11) is -4.40. The number of hydrogen-bond acceptors (Lipinski definition) is 8. The van der Waals surface area contributed by atoms with E-state index >= 15 is 0 Å². The van der Waals surface area contributed by atoms with Gasteiger partial charge in [-0.15, -0.1) is 0 Å². The predicted octanol–water partition coefficient (Wildman–Crippen LogP) is 24.4. The Balaban J connectivity index is 3.80. The molecule has 2 unspecified atom stereocenters. The largest absolute Gasteiger partial charge is 0.472 e. The highest BCUT2D eigenvalue weighted by Gasteiger charge is 2.26. The van der Waals surface area contributed by atoms with Crippen molar-refractivity contribution in [3.05, 3.63) is 72.9 Å². The Kier molecular flexibility index (Phi) is 69.4. The number of carbonyl (C=O) groups excluding carboxylic acids is 2. The van der Waals surface area contributed by atoms with Crippen LogP contribution in [0.15, 0.2) is 72.9 Å². The lowest BCUT2D eigenvalue weighted by molar-refractivity contribution is -0.161. The molecule has 3 N–H and O–H groups in total. The van der Waals surface area contributed by atoms with Crippen LogP contribution in [0, 0.1) is 0 Å². The van der Waals surface area contributed by atoms with Crippen molar-refractivity contribution < 1.29 is 37.6 Å². The second kappa shape index (κ2) is 71.5. The van der Waals surface area contributed by atoms with Gasteiger partial charge in [0.15, 0.2) is 6.10 Å². The molecule has 0 amide bonds. The summed E-state index contributed by atoms with van der Waals surface area (Å²) in [5.74, 6) is -0.825. The van der Waals surface area contributed by atoms with Crippen LogP contribution < -0.4 is 5.73 Å². The molecule has 10 heteroatoms. The number of hydrogen-bond donors (Lipinski definition) is 2. The zero-order valence-electron chi connectivity index (χ0n) is 56.6. The highest BCUT2D eigenvalue weighted by atomic mass is 31.2. The molecule has 2 atom stereocenters. The first-order valence-electron chi connectivity index (χ1n) is 36.9. The smallest absolute Gasteiger partial charge is 0.462 e. The summed E-state index contributed by atoms with van der Waals surface area (Å²) in [5.41, 5.74) is 5.40. The highest BCUT2D eigenvalue weighted by Crippen LogP contribution is 2.43. The molecule has 0 radical (unpaired) electrons. The van der Waals surface area contributed by atoms with Crippen LogP contribution in [-0.4, -0.2) is 49.3 Å². The van der Waals surface area contributed by atoms with E-state index in [1.165, 1.54) is 250 Å². The van der Waals surface area contributed by atoms with Crippen LogP contribution in [-0.2, 0) is 32.7 Å². The summed E-state index contributed by atoms with van der Waals surface area (Å²) in [6.45, 7) is 3.67. The Hall–Kier alpha value is -2.55. The van der Waals surface area contributed by atoms with E-state index in [0.717, 1.165) is 83.5 Å². The van der Waals surface area contributed by atoms with Gasteiger partial charge in [0, 0.05) is 19.4 Å². The maximum atomic E-state index is 12.8. The third-order valence-electron chi connectivity index (χ3n) is 16.4. The van der Waals surface area contributed by atoms with Crippen LogP contribution in [0.25, 0.3) is 0 Å². The minimum absolute atomic E-state index is 0.0504. The van der Waals surface area contributed by atoms with Crippen LogP contribution in [0.1, 0.15) is 367 Å². The lowest BCUT2D eigenvalue weighted by Crippen LogP contribution is -2.29. The number of phosphoric acid groups is 1. The van der Waals surface area contributed by atoms with Crippen LogP contribution >= 0.6 is 7.82 Å². The molecule has 9 nitrogen and oxygen atoms in total.